The van der Waals surface area contributed by atoms with E-state index in [1.807, 2.05) is 30.5 Å². The Balaban J connectivity index is 2.50. The molecule has 0 saturated heterocycles. The lowest BCUT2D eigenvalue weighted by Gasteiger charge is -2.00. The van der Waals surface area contributed by atoms with E-state index in [0.717, 1.165) is 5.70 Å². The molecule has 1 rings (SSSR count). The van der Waals surface area contributed by atoms with Crippen LogP contribution in [0.25, 0.3) is 0 Å². The van der Waals surface area contributed by atoms with Gasteiger partial charge in [0.05, 0.1) is 6.61 Å². The lowest BCUT2D eigenvalue weighted by atomic mass is 10.3. The normalized spacial score (nSPS) is 15.9. The molecule has 0 aromatic carbocycles. The zero-order valence-corrected chi connectivity index (χ0v) is 5.71. The minimum atomic E-state index is -0.0550. The van der Waals surface area contributed by atoms with Crippen molar-refractivity contribution in [2.24, 2.45) is 0 Å². The maximum Gasteiger partial charge on any atom is 0.0876 e. The van der Waals surface area contributed by atoms with Gasteiger partial charge < -0.3 is 5.32 Å². The SMILES string of the molecule is [O]CCC1=CC=CC=CN1. The third-order valence-corrected chi connectivity index (χ3v) is 1.26. The van der Waals surface area contributed by atoms with Gasteiger partial charge in [-0.3, -0.25) is 0 Å². The van der Waals surface area contributed by atoms with Crippen molar-refractivity contribution in [1.29, 1.82) is 0 Å². The van der Waals surface area contributed by atoms with Crippen LogP contribution >= 0.6 is 0 Å². The predicted molar refractivity (Wildman–Crippen MR) is 39.7 cm³/mol. The summed E-state index contributed by atoms with van der Waals surface area (Å²) >= 11 is 0. The number of allylic oxidation sites excluding steroid dienone is 4. The van der Waals surface area contributed by atoms with Gasteiger partial charge in [-0.25, -0.2) is 5.11 Å². The van der Waals surface area contributed by atoms with Crippen LogP contribution in [-0.2, 0) is 5.11 Å². The largest absolute Gasteiger partial charge is 0.365 e. The molecule has 0 bridgehead atoms. The maximum atomic E-state index is 10.2. The summed E-state index contributed by atoms with van der Waals surface area (Å²) < 4.78 is 0. The van der Waals surface area contributed by atoms with Crippen molar-refractivity contribution in [3.05, 3.63) is 36.2 Å². The van der Waals surface area contributed by atoms with E-state index in [2.05, 4.69) is 5.32 Å². The van der Waals surface area contributed by atoms with E-state index in [1.165, 1.54) is 0 Å². The first-order valence-corrected chi connectivity index (χ1v) is 3.30. The van der Waals surface area contributed by atoms with E-state index in [9.17, 15) is 5.11 Å². The third-order valence-electron chi connectivity index (χ3n) is 1.26. The summed E-state index contributed by atoms with van der Waals surface area (Å²) in [6.07, 6.45) is 10.1. The molecule has 0 unspecified atom stereocenters. The number of nitrogens with one attached hydrogen (secondary N) is 1. The lowest BCUT2D eigenvalue weighted by molar-refractivity contribution is 0.196. The van der Waals surface area contributed by atoms with E-state index < -0.39 is 0 Å². The average molecular weight is 136 g/mol. The van der Waals surface area contributed by atoms with Crippen molar-refractivity contribution in [1.82, 2.24) is 5.32 Å². The molecule has 1 radical (unpaired) electrons. The van der Waals surface area contributed by atoms with E-state index in [4.69, 9.17) is 0 Å². The molecule has 0 atom stereocenters. The fourth-order valence-corrected chi connectivity index (χ4v) is 0.760. The zero-order chi connectivity index (χ0) is 7.23. The Morgan fingerprint density at radius 3 is 3.00 bits per heavy atom. The van der Waals surface area contributed by atoms with E-state index in [-0.39, 0.29) is 6.61 Å². The fourth-order valence-electron chi connectivity index (χ4n) is 0.760. The summed E-state index contributed by atoms with van der Waals surface area (Å²) in [5.74, 6) is 0. The smallest absolute Gasteiger partial charge is 0.0876 e. The van der Waals surface area contributed by atoms with Crippen LogP contribution in [-0.4, -0.2) is 6.61 Å². The molecule has 1 heterocycles. The van der Waals surface area contributed by atoms with Gasteiger partial charge in [-0.15, -0.1) is 0 Å². The standard InChI is InChI=1S/C8H10NO/c10-7-5-8-4-2-1-3-6-9-8/h1-4,6,9H,5,7H2. The van der Waals surface area contributed by atoms with Crippen molar-refractivity contribution in [3.8, 4) is 0 Å². The Morgan fingerprint density at radius 2 is 2.20 bits per heavy atom. The molecule has 0 aromatic heterocycles. The van der Waals surface area contributed by atoms with Crippen LogP contribution < -0.4 is 5.32 Å². The lowest BCUT2D eigenvalue weighted by Crippen LogP contribution is -2.04. The molecule has 0 aliphatic carbocycles. The van der Waals surface area contributed by atoms with E-state index >= 15 is 0 Å². The molecule has 0 amide bonds. The van der Waals surface area contributed by atoms with Gasteiger partial charge in [0.1, 0.15) is 0 Å². The molecule has 53 valence electrons. The molecule has 2 heteroatoms. The minimum Gasteiger partial charge on any atom is -0.365 e. The van der Waals surface area contributed by atoms with Gasteiger partial charge in [-0.2, -0.15) is 0 Å². The molecule has 0 aromatic rings. The third kappa shape index (κ3) is 2.07. The maximum absolute atomic E-state index is 10.2. The first-order valence-electron chi connectivity index (χ1n) is 3.30. The van der Waals surface area contributed by atoms with Crippen molar-refractivity contribution in [2.45, 2.75) is 6.42 Å². The molecule has 2 nitrogen and oxygen atoms in total. The Kier molecular flexibility index (Phi) is 2.77. The summed E-state index contributed by atoms with van der Waals surface area (Å²) in [6, 6.07) is 0. The second-order valence-corrected chi connectivity index (χ2v) is 2.03. The second kappa shape index (κ2) is 3.90. The van der Waals surface area contributed by atoms with Crippen LogP contribution in [0.5, 0.6) is 0 Å². The van der Waals surface area contributed by atoms with Crippen LogP contribution in [0.3, 0.4) is 0 Å². The second-order valence-electron chi connectivity index (χ2n) is 2.03. The molecule has 0 fully saturated rings. The summed E-state index contributed by atoms with van der Waals surface area (Å²) in [6.45, 7) is -0.0550. The predicted octanol–water partition coefficient (Wildman–Crippen LogP) is 1.36. The van der Waals surface area contributed by atoms with Crippen LogP contribution in [0.15, 0.2) is 36.2 Å². The monoisotopic (exact) mass is 136 g/mol. The minimum absolute atomic E-state index is 0.0550. The van der Waals surface area contributed by atoms with Crippen molar-refractivity contribution in [3.63, 3.8) is 0 Å². The van der Waals surface area contributed by atoms with E-state index in [1.54, 1.807) is 0 Å². The molecular formula is C8H10NO. The number of hydrogen-bond acceptors (Lipinski definition) is 1. The van der Waals surface area contributed by atoms with Gasteiger partial charge in [0.15, 0.2) is 0 Å². The van der Waals surface area contributed by atoms with Crippen LogP contribution in [0.4, 0.5) is 0 Å². The molecule has 1 aliphatic heterocycles. The van der Waals surface area contributed by atoms with Crippen LogP contribution in [0, 0.1) is 0 Å². The summed E-state index contributed by atoms with van der Waals surface area (Å²) in [7, 11) is 0. The summed E-state index contributed by atoms with van der Waals surface area (Å²) in [4.78, 5) is 0. The van der Waals surface area contributed by atoms with Crippen molar-refractivity contribution >= 4 is 0 Å². The van der Waals surface area contributed by atoms with Crippen molar-refractivity contribution < 1.29 is 5.11 Å². The highest BCUT2D eigenvalue weighted by Gasteiger charge is 1.92. The Morgan fingerprint density at radius 1 is 1.30 bits per heavy atom. The highest BCUT2D eigenvalue weighted by molar-refractivity contribution is 5.20. The van der Waals surface area contributed by atoms with Gasteiger partial charge in [0.25, 0.3) is 0 Å². The zero-order valence-electron chi connectivity index (χ0n) is 5.71. The highest BCUT2D eigenvalue weighted by Crippen LogP contribution is 1.99. The number of hydrogen-bond donors (Lipinski definition) is 1. The first-order chi connectivity index (χ1) is 4.93. The summed E-state index contributed by atoms with van der Waals surface area (Å²) in [5, 5.41) is 13.2. The number of rotatable bonds is 2. The molecule has 10 heavy (non-hydrogen) atoms. The molecular weight excluding hydrogens is 126 g/mol. The Labute approximate surface area is 60.6 Å². The molecule has 0 saturated carbocycles. The first kappa shape index (κ1) is 7.09. The van der Waals surface area contributed by atoms with Gasteiger partial charge in [-0.1, -0.05) is 12.2 Å². The molecule has 1 aliphatic rings. The summed E-state index contributed by atoms with van der Waals surface area (Å²) in [5.41, 5.74) is 0.986. The van der Waals surface area contributed by atoms with Crippen LogP contribution in [0.1, 0.15) is 6.42 Å². The van der Waals surface area contributed by atoms with Gasteiger partial charge in [0.2, 0.25) is 0 Å². The van der Waals surface area contributed by atoms with Gasteiger partial charge in [0, 0.05) is 18.3 Å². The molecule has 0 spiro atoms. The quantitative estimate of drug-likeness (QED) is 0.610. The van der Waals surface area contributed by atoms with E-state index in [0.29, 0.717) is 6.42 Å². The van der Waals surface area contributed by atoms with Crippen LogP contribution in [0.2, 0.25) is 0 Å². The topological polar surface area (TPSA) is 31.9 Å². The average Bonchev–Trinajstić information content (AvgIpc) is 2.17. The van der Waals surface area contributed by atoms with Gasteiger partial charge >= 0.3 is 0 Å². The van der Waals surface area contributed by atoms with Crippen molar-refractivity contribution in [2.75, 3.05) is 6.61 Å². The molecule has 1 N–H and O–H groups in total. The van der Waals surface area contributed by atoms with Gasteiger partial charge in [-0.05, 0) is 12.2 Å². The Bertz CT molecular complexity index is 180. The Hall–Kier alpha value is -1.02. The fraction of sp³-hybridized carbons (Fsp3) is 0.250. The highest BCUT2D eigenvalue weighted by atomic mass is 16.3.